The summed E-state index contributed by atoms with van der Waals surface area (Å²) in [6.45, 7) is 15.8. The van der Waals surface area contributed by atoms with Crippen LogP contribution in [0.15, 0.2) is 79.2 Å². The summed E-state index contributed by atoms with van der Waals surface area (Å²) < 4.78 is 41.7. The van der Waals surface area contributed by atoms with Crippen molar-refractivity contribution >= 4 is 41.8 Å². The maximum atomic E-state index is 13.9. The van der Waals surface area contributed by atoms with Gasteiger partial charge in [0.2, 0.25) is 0 Å². The number of ether oxygens (including phenoxy) is 7. The van der Waals surface area contributed by atoms with Crippen LogP contribution in [0.5, 0.6) is 0 Å². The molecule has 2 aromatic rings. The smallest absolute Gasteiger partial charge is 0.340 e. The zero-order valence-corrected chi connectivity index (χ0v) is 34.5. The summed E-state index contributed by atoms with van der Waals surface area (Å²) in [5, 5.41) is 13.3. The number of fused-ring (bicyclic) bond motifs is 1. The Balaban J connectivity index is 2.13. The van der Waals surface area contributed by atoms with E-state index >= 15 is 0 Å². The molecule has 1 heterocycles. The number of hydrogen-bond donors (Lipinski definition) is 1. The van der Waals surface area contributed by atoms with E-state index in [0.717, 1.165) is 34.6 Å². The van der Waals surface area contributed by atoms with Gasteiger partial charge in [0.25, 0.3) is 0 Å². The van der Waals surface area contributed by atoms with Crippen molar-refractivity contribution in [1.82, 2.24) is 4.98 Å². The molecule has 318 valence electrons. The number of aromatic nitrogens is 1. The Morgan fingerprint density at radius 2 is 1.22 bits per heavy atom. The second kappa shape index (κ2) is 18.4. The van der Waals surface area contributed by atoms with Crippen LogP contribution in [0.4, 0.5) is 0 Å². The molecule has 2 aliphatic carbocycles. The normalized spacial score (nSPS) is 30.7. The lowest BCUT2D eigenvalue weighted by atomic mass is 9.71. The summed E-state index contributed by atoms with van der Waals surface area (Å²) in [5.41, 5.74) is -5.96. The van der Waals surface area contributed by atoms with Crippen LogP contribution in [-0.4, -0.2) is 99.7 Å². The van der Waals surface area contributed by atoms with Gasteiger partial charge in [0, 0.05) is 70.3 Å². The molecule has 4 rings (SSSR count). The third kappa shape index (κ3) is 10.6. The fourth-order valence-electron chi connectivity index (χ4n) is 7.99. The highest BCUT2D eigenvalue weighted by molar-refractivity contribution is 5.90. The molecule has 1 aromatic heterocycles. The number of hydrogen-bond acceptors (Lipinski definition) is 16. The number of nitrogens with zero attached hydrogens (tertiary/aromatic N) is 1. The lowest BCUT2D eigenvalue weighted by molar-refractivity contribution is -0.195. The summed E-state index contributed by atoms with van der Waals surface area (Å²) in [4.78, 5) is 96.6. The quantitative estimate of drug-likeness (QED) is 0.210. The Hall–Kier alpha value is -5.90. The van der Waals surface area contributed by atoms with Gasteiger partial charge in [0.15, 0.2) is 24.4 Å². The molecule has 0 bridgehead atoms. The molecular weight excluding hydrogens is 770 g/mol. The molecule has 1 N–H and O–H groups in total. The molecule has 59 heavy (non-hydrogen) atoms. The monoisotopic (exact) mass is 821 g/mol. The largest absolute Gasteiger partial charge is 0.459 e. The maximum Gasteiger partial charge on any atom is 0.340 e. The van der Waals surface area contributed by atoms with Crippen LogP contribution in [0.1, 0.15) is 89.5 Å². The first-order valence-corrected chi connectivity index (χ1v) is 18.9. The van der Waals surface area contributed by atoms with Crippen LogP contribution in [0.25, 0.3) is 0 Å². The maximum absolute atomic E-state index is 13.9. The van der Waals surface area contributed by atoms with Crippen LogP contribution in [0, 0.1) is 17.3 Å². The van der Waals surface area contributed by atoms with Crippen LogP contribution < -0.4 is 0 Å². The molecule has 1 fully saturated rings. The number of aliphatic hydroxyl groups is 1. The third-order valence-corrected chi connectivity index (χ3v) is 10.3. The van der Waals surface area contributed by atoms with Crippen LogP contribution in [0.3, 0.4) is 0 Å². The first-order valence-electron chi connectivity index (χ1n) is 18.9. The average molecular weight is 822 g/mol. The van der Waals surface area contributed by atoms with Crippen LogP contribution in [-0.2, 0) is 57.1 Å². The highest BCUT2D eigenvalue weighted by Crippen LogP contribution is 2.54. The number of carbonyl (C=O) groups is 7. The Morgan fingerprint density at radius 3 is 1.76 bits per heavy atom. The van der Waals surface area contributed by atoms with E-state index in [2.05, 4.69) is 11.6 Å². The van der Waals surface area contributed by atoms with E-state index in [1.54, 1.807) is 51.1 Å². The van der Waals surface area contributed by atoms with E-state index in [4.69, 9.17) is 33.2 Å². The number of esters is 7. The Bertz CT molecular complexity index is 1960. The fraction of sp³-hybridized carbons (Fsp3) is 0.488. The van der Waals surface area contributed by atoms with Crippen molar-refractivity contribution in [2.24, 2.45) is 17.3 Å². The first-order chi connectivity index (χ1) is 27.5. The van der Waals surface area contributed by atoms with Crippen molar-refractivity contribution in [3.63, 3.8) is 0 Å². The lowest BCUT2D eigenvalue weighted by Gasteiger charge is -2.46. The molecular formula is C43H51NO15. The van der Waals surface area contributed by atoms with E-state index in [9.17, 15) is 38.7 Å². The van der Waals surface area contributed by atoms with Gasteiger partial charge >= 0.3 is 41.8 Å². The number of carbonyl (C=O) groups excluding carboxylic acids is 7. The van der Waals surface area contributed by atoms with Gasteiger partial charge in [-0.3, -0.25) is 29.0 Å². The highest BCUT2D eigenvalue weighted by Gasteiger charge is 2.70. The zero-order valence-electron chi connectivity index (χ0n) is 34.5. The standard InChI is InChI=1S/C43H51NO15/c1-23-18-19-41(8,9)38(58-40(51)31-17-14-20-44-21-31)35(55-27(5)47)34(54-26(4)46)24(2)33(53-25(3)45)32-37(57-39(50)30-15-12-11-13-16-30)42(10,59-29(7)49)22-43(32,52)36(23)56-28(6)48/h11-21,23,32-38,52H,2,22H2,1,3-10H3/b19-18-/t23-,32?,33-,34-,35+,36-,37+,38+,42+,43+/m0/s1. The fourth-order valence-corrected chi connectivity index (χ4v) is 7.99. The van der Waals surface area contributed by atoms with E-state index < -0.39 is 113 Å². The van der Waals surface area contributed by atoms with Gasteiger partial charge in [-0.1, -0.05) is 57.7 Å². The molecule has 16 nitrogen and oxygen atoms in total. The number of rotatable bonds is 9. The molecule has 1 aromatic carbocycles. The number of benzene rings is 1. The van der Waals surface area contributed by atoms with E-state index in [0.29, 0.717) is 0 Å². The second-order valence-electron chi connectivity index (χ2n) is 15.6. The van der Waals surface area contributed by atoms with Crippen molar-refractivity contribution in [2.45, 2.75) is 117 Å². The number of pyridine rings is 1. The highest BCUT2D eigenvalue weighted by atomic mass is 16.6. The Morgan fingerprint density at radius 1 is 0.678 bits per heavy atom. The van der Waals surface area contributed by atoms with Gasteiger partial charge in [-0.25, -0.2) is 9.59 Å². The Kier molecular flexibility index (Phi) is 14.2. The molecule has 0 aliphatic heterocycles. The second-order valence-corrected chi connectivity index (χ2v) is 15.6. The topological polar surface area (TPSA) is 217 Å². The molecule has 1 saturated carbocycles. The molecule has 0 radical (unpaired) electrons. The Labute approximate surface area is 342 Å². The summed E-state index contributed by atoms with van der Waals surface area (Å²) >= 11 is 0. The first kappa shape index (κ1) is 45.8. The van der Waals surface area contributed by atoms with E-state index in [1.165, 1.54) is 43.6 Å². The van der Waals surface area contributed by atoms with Crippen molar-refractivity contribution in [3.8, 4) is 0 Å². The summed E-state index contributed by atoms with van der Waals surface area (Å²) in [6, 6.07) is 10.7. The predicted molar refractivity (Wildman–Crippen MR) is 206 cm³/mol. The molecule has 0 saturated heterocycles. The van der Waals surface area contributed by atoms with Gasteiger partial charge in [-0.05, 0) is 31.2 Å². The lowest BCUT2D eigenvalue weighted by Crippen LogP contribution is -2.60. The molecule has 2 aliphatic rings. The summed E-state index contributed by atoms with van der Waals surface area (Å²) in [7, 11) is 0. The van der Waals surface area contributed by atoms with E-state index in [1.807, 2.05) is 0 Å². The van der Waals surface area contributed by atoms with Crippen molar-refractivity contribution < 1.29 is 71.8 Å². The van der Waals surface area contributed by atoms with Gasteiger partial charge in [0.1, 0.15) is 23.4 Å². The summed E-state index contributed by atoms with van der Waals surface area (Å²) in [6.07, 6.45) is -4.99. The van der Waals surface area contributed by atoms with Crippen molar-refractivity contribution in [2.75, 3.05) is 0 Å². The minimum atomic E-state index is -2.42. The third-order valence-electron chi connectivity index (χ3n) is 10.3. The molecule has 0 amide bonds. The van der Waals surface area contributed by atoms with Gasteiger partial charge in [-0.15, -0.1) is 0 Å². The van der Waals surface area contributed by atoms with E-state index in [-0.39, 0.29) is 16.7 Å². The molecule has 16 heteroatoms. The molecule has 10 atom stereocenters. The van der Waals surface area contributed by atoms with Gasteiger partial charge in [-0.2, -0.15) is 0 Å². The average Bonchev–Trinajstić information content (AvgIpc) is 3.36. The van der Waals surface area contributed by atoms with Crippen molar-refractivity contribution in [1.29, 1.82) is 0 Å². The molecule has 0 spiro atoms. The van der Waals surface area contributed by atoms with Crippen LogP contribution >= 0.6 is 0 Å². The predicted octanol–water partition coefficient (Wildman–Crippen LogP) is 4.42. The van der Waals surface area contributed by atoms with Gasteiger partial charge < -0.3 is 38.3 Å². The SMILES string of the molecule is C=C1[C@H](OC(C)=O)C2[C@@H](OC(=O)c3ccccc3)[C@](C)(OC(C)=O)C[C@]2(O)[C@@H](OC(C)=O)[C@@H](C)/C=C\C(C)(C)[C@H](OC(=O)c2cccnc2)[C@H](OC(C)=O)[C@H]1OC(C)=O. The van der Waals surface area contributed by atoms with Crippen LogP contribution in [0.2, 0.25) is 0 Å². The van der Waals surface area contributed by atoms with Gasteiger partial charge in [0.05, 0.1) is 17.0 Å². The molecule has 1 unspecified atom stereocenters. The zero-order chi connectivity index (χ0) is 44.0. The minimum absolute atomic E-state index is 0.0211. The minimum Gasteiger partial charge on any atom is -0.459 e. The van der Waals surface area contributed by atoms with Crippen molar-refractivity contribution in [3.05, 3.63) is 90.3 Å². The summed E-state index contributed by atoms with van der Waals surface area (Å²) in [5.74, 6) is -9.04.